The van der Waals surface area contributed by atoms with Crippen molar-refractivity contribution in [1.82, 2.24) is 0 Å². The number of anilines is 1. The van der Waals surface area contributed by atoms with Crippen molar-refractivity contribution in [2.75, 3.05) is 5.73 Å². The second-order valence-corrected chi connectivity index (χ2v) is 5.57. The summed E-state index contributed by atoms with van der Waals surface area (Å²) in [7, 11) is 0. The Bertz CT molecular complexity index is 331. The van der Waals surface area contributed by atoms with Gasteiger partial charge in [0.05, 0.1) is 0 Å². The maximum absolute atomic E-state index is 6.02. The summed E-state index contributed by atoms with van der Waals surface area (Å²) >= 11 is 0. The third kappa shape index (κ3) is 2.34. The third-order valence-electron chi connectivity index (χ3n) is 3.77. The number of nitrogens with two attached hydrogens (primary N) is 1. The molecule has 1 heteroatoms. The average Bonchev–Trinajstić information content (AvgIpc) is 2.19. The minimum Gasteiger partial charge on any atom is -0.398 e. The fraction of sp³-hybridized carbons (Fsp3) is 0.571. The minimum atomic E-state index is 0.542. The molecule has 1 aromatic rings. The molecule has 0 radical (unpaired) electrons. The van der Waals surface area contributed by atoms with E-state index in [2.05, 4.69) is 26.0 Å². The smallest absolute Gasteiger partial charge is 0.0349 e. The van der Waals surface area contributed by atoms with Crippen LogP contribution in [-0.4, -0.2) is 0 Å². The van der Waals surface area contributed by atoms with Gasteiger partial charge in [-0.05, 0) is 48.6 Å². The molecule has 0 bridgehead atoms. The van der Waals surface area contributed by atoms with Gasteiger partial charge in [-0.3, -0.25) is 0 Å². The van der Waals surface area contributed by atoms with Gasteiger partial charge in [0.25, 0.3) is 0 Å². The molecule has 2 N–H and O–H groups in total. The van der Waals surface area contributed by atoms with Crippen LogP contribution < -0.4 is 5.73 Å². The molecule has 15 heavy (non-hydrogen) atoms. The molecule has 0 heterocycles. The molecule has 0 saturated heterocycles. The molecule has 0 aliphatic heterocycles. The SMILES string of the molecule is CC1(C)CCC(c2ccccc2N)CC1. The highest BCUT2D eigenvalue weighted by Crippen LogP contribution is 2.43. The van der Waals surface area contributed by atoms with E-state index >= 15 is 0 Å². The molecule has 1 aliphatic carbocycles. The normalized spacial score (nSPS) is 21.5. The van der Waals surface area contributed by atoms with Crippen LogP contribution in [0.1, 0.15) is 51.0 Å². The van der Waals surface area contributed by atoms with E-state index in [-0.39, 0.29) is 0 Å². The molecule has 1 saturated carbocycles. The molecular weight excluding hydrogens is 182 g/mol. The van der Waals surface area contributed by atoms with E-state index in [4.69, 9.17) is 5.73 Å². The molecule has 0 aromatic heterocycles. The van der Waals surface area contributed by atoms with Crippen LogP contribution in [0.3, 0.4) is 0 Å². The molecule has 0 atom stereocenters. The Labute approximate surface area is 92.7 Å². The zero-order chi connectivity index (χ0) is 10.9. The van der Waals surface area contributed by atoms with Crippen molar-refractivity contribution in [3.63, 3.8) is 0 Å². The van der Waals surface area contributed by atoms with Gasteiger partial charge in [0, 0.05) is 5.69 Å². The second kappa shape index (κ2) is 3.88. The number of hydrogen-bond donors (Lipinski definition) is 1. The van der Waals surface area contributed by atoms with Crippen LogP contribution >= 0.6 is 0 Å². The molecule has 1 aromatic carbocycles. The van der Waals surface area contributed by atoms with E-state index in [9.17, 15) is 0 Å². The first-order valence-corrected chi connectivity index (χ1v) is 5.93. The van der Waals surface area contributed by atoms with Crippen LogP contribution in [0.4, 0.5) is 5.69 Å². The number of benzene rings is 1. The molecular formula is C14H21N. The van der Waals surface area contributed by atoms with E-state index < -0.39 is 0 Å². The van der Waals surface area contributed by atoms with Crippen molar-refractivity contribution >= 4 is 5.69 Å². The van der Waals surface area contributed by atoms with E-state index in [0.717, 1.165) is 5.69 Å². The topological polar surface area (TPSA) is 26.0 Å². The molecule has 1 aliphatic rings. The van der Waals surface area contributed by atoms with Gasteiger partial charge in [-0.25, -0.2) is 0 Å². The van der Waals surface area contributed by atoms with Gasteiger partial charge in [0.15, 0.2) is 0 Å². The monoisotopic (exact) mass is 203 g/mol. The highest BCUT2D eigenvalue weighted by Gasteiger charge is 2.28. The third-order valence-corrected chi connectivity index (χ3v) is 3.77. The Balaban J connectivity index is 2.11. The van der Waals surface area contributed by atoms with Crippen LogP contribution in [-0.2, 0) is 0 Å². The number of hydrogen-bond acceptors (Lipinski definition) is 1. The van der Waals surface area contributed by atoms with Crippen molar-refractivity contribution < 1.29 is 0 Å². The molecule has 0 amide bonds. The van der Waals surface area contributed by atoms with Gasteiger partial charge in [-0.15, -0.1) is 0 Å². The lowest BCUT2D eigenvalue weighted by Gasteiger charge is -2.34. The van der Waals surface area contributed by atoms with Gasteiger partial charge in [-0.2, -0.15) is 0 Å². The Hall–Kier alpha value is -0.980. The Kier molecular flexibility index (Phi) is 2.72. The Morgan fingerprint density at radius 1 is 1.13 bits per heavy atom. The number of nitrogen functional groups attached to an aromatic ring is 1. The van der Waals surface area contributed by atoms with Crippen LogP contribution in [0.15, 0.2) is 24.3 Å². The van der Waals surface area contributed by atoms with Crippen LogP contribution in [0.2, 0.25) is 0 Å². The van der Waals surface area contributed by atoms with Crippen molar-refractivity contribution in [1.29, 1.82) is 0 Å². The van der Waals surface area contributed by atoms with Gasteiger partial charge >= 0.3 is 0 Å². The Morgan fingerprint density at radius 3 is 2.33 bits per heavy atom. The van der Waals surface area contributed by atoms with E-state index in [1.165, 1.54) is 31.2 Å². The maximum Gasteiger partial charge on any atom is 0.0349 e. The first-order chi connectivity index (χ1) is 7.08. The molecule has 82 valence electrons. The zero-order valence-electron chi connectivity index (χ0n) is 9.79. The summed E-state index contributed by atoms with van der Waals surface area (Å²) in [6.45, 7) is 4.75. The highest BCUT2D eigenvalue weighted by molar-refractivity contribution is 5.48. The number of rotatable bonds is 1. The Morgan fingerprint density at radius 2 is 1.73 bits per heavy atom. The van der Waals surface area contributed by atoms with Gasteiger partial charge in [-0.1, -0.05) is 32.0 Å². The van der Waals surface area contributed by atoms with Crippen molar-refractivity contribution in [2.45, 2.75) is 45.4 Å². The predicted octanol–water partition coefficient (Wildman–Crippen LogP) is 3.95. The first kappa shape index (κ1) is 10.5. The van der Waals surface area contributed by atoms with Crippen LogP contribution in [0.5, 0.6) is 0 Å². The van der Waals surface area contributed by atoms with Crippen molar-refractivity contribution in [3.8, 4) is 0 Å². The van der Waals surface area contributed by atoms with Gasteiger partial charge in [0.2, 0.25) is 0 Å². The zero-order valence-corrected chi connectivity index (χ0v) is 9.79. The van der Waals surface area contributed by atoms with Crippen molar-refractivity contribution in [2.24, 2.45) is 5.41 Å². The molecule has 1 nitrogen and oxygen atoms in total. The summed E-state index contributed by atoms with van der Waals surface area (Å²) in [5.41, 5.74) is 8.90. The summed E-state index contributed by atoms with van der Waals surface area (Å²) in [6.07, 6.45) is 5.24. The fourth-order valence-electron chi connectivity index (χ4n) is 2.59. The van der Waals surface area contributed by atoms with Crippen LogP contribution in [0, 0.1) is 5.41 Å². The lowest BCUT2D eigenvalue weighted by atomic mass is 9.71. The highest BCUT2D eigenvalue weighted by atomic mass is 14.6. The van der Waals surface area contributed by atoms with E-state index in [0.29, 0.717) is 11.3 Å². The number of para-hydroxylation sites is 1. The second-order valence-electron chi connectivity index (χ2n) is 5.57. The largest absolute Gasteiger partial charge is 0.398 e. The molecule has 0 unspecified atom stereocenters. The predicted molar refractivity (Wildman–Crippen MR) is 65.8 cm³/mol. The minimum absolute atomic E-state index is 0.542. The quantitative estimate of drug-likeness (QED) is 0.687. The van der Waals surface area contributed by atoms with Crippen LogP contribution in [0.25, 0.3) is 0 Å². The van der Waals surface area contributed by atoms with Gasteiger partial charge < -0.3 is 5.73 Å². The summed E-state index contributed by atoms with van der Waals surface area (Å²) in [6, 6.07) is 8.34. The first-order valence-electron chi connectivity index (χ1n) is 5.93. The standard InChI is InChI=1S/C14H21N/c1-14(2)9-7-11(8-10-14)12-5-3-4-6-13(12)15/h3-6,11H,7-10,15H2,1-2H3. The van der Waals surface area contributed by atoms with Crippen molar-refractivity contribution in [3.05, 3.63) is 29.8 Å². The van der Waals surface area contributed by atoms with E-state index in [1.807, 2.05) is 12.1 Å². The summed E-state index contributed by atoms with van der Waals surface area (Å²) in [4.78, 5) is 0. The lowest BCUT2D eigenvalue weighted by molar-refractivity contribution is 0.225. The van der Waals surface area contributed by atoms with E-state index in [1.54, 1.807) is 0 Å². The summed E-state index contributed by atoms with van der Waals surface area (Å²) < 4.78 is 0. The summed E-state index contributed by atoms with van der Waals surface area (Å²) in [5, 5.41) is 0. The molecule has 0 spiro atoms. The summed E-state index contributed by atoms with van der Waals surface area (Å²) in [5.74, 6) is 0.694. The maximum atomic E-state index is 6.02. The van der Waals surface area contributed by atoms with Gasteiger partial charge in [0.1, 0.15) is 0 Å². The lowest BCUT2D eigenvalue weighted by Crippen LogP contribution is -2.20. The average molecular weight is 203 g/mol. The molecule has 2 rings (SSSR count). The molecule has 1 fully saturated rings. The fourth-order valence-corrected chi connectivity index (χ4v) is 2.59.